The minimum Gasteiger partial charge on any atom is -0.496 e. The number of aryl methyl sites for hydroxylation is 1. The first-order valence-electron chi connectivity index (χ1n) is 10.7. The van der Waals surface area contributed by atoms with Crippen molar-refractivity contribution >= 4 is 44.0 Å². The number of halogens is 1. The summed E-state index contributed by atoms with van der Waals surface area (Å²) in [5.41, 5.74) is 4.30. The second kappa shape index (κ2) is 8.75. The summed E-state index contributed by atoms with van der Waals surface area (Å²) in [6.45, 7) is 1.34. The van der Waals surface area contributed by atoms with Gasteiger partial charge in [0, 0.05) is 48.9 Å². The summed E-state index contributed by atoms with van der Waals surface area (Å²) in [6, 6.07) is 3.71. The Morgan fingerprint density at radius 1 is 1.24 bits per heavy atom. The van der Waals surface area contributed by atoms with E-state index in [4.69, 9.17) is 19.2 Å². The van der Waals surface area contributed by atoms with Gasteiger partial charge in [-0.1, -0.05) is 0 Å². The van der Waals surface area contributed by atoms with E-state index in [0.717, 1.165) is 45.2 Å². The molecule has 172 valence electrons. The molecule has 1 fully saturated rings. The lowest BCUT2D eigenvalue weighted by molar-refractivity contribution is 0.0545. The van der Waals surface area contributed by atoms with Crippen LogP contribution in [0.2, 0.25) is 0 Å². The number of carbonyl (C=O) groups excluding carboxylic acids is 1. The number of ether oxygens (including phenoxy) is 3. The largest absolute Gasteiger partial charge is 0.496 e. The van der Waals surface area contributed by atoms with Crippen molar-refractivity contribution in [3.63, 3.8) is 0 Å². The highest BCUT2D eigenvalue weighted by molar-refractivity contribution is 9.10. The monoisotopic (exact) mass is 513 g/mol. The molecule has 0 aliphatic carbocycles. The molecular formula is C23H24BrN5O4. The van der Waals surface area contributed by atoms with Gasteiger partial charge in [-0.05, 0) is 46.8 Å². The average molecular weight is 514 g/mol. The molecule has 0 bridgehead atoms. The molecule has 5 rings (SSSR count). The van der Waals surface area contributed by atoms with Gasteiger partial charge in [-0.25, -0.2) is 4.79 Å². The van der Waals surface area contributed by atoms with Crippen LogP contribution in [0.25, 0.3) is 22.1 Å². The van der Waals surface area contributed by atoms with Crippen LogP contribution in [-0.4, -0.2) is 57.7 Å². The fourth-order valence-electron chi connectivity index (χ4n) is 4.88. The van der Waals surface area contributed by atoms with Crippen molar-refractivity contribution in [1.29, 1.82) is 0 Å². The number of esters is 1. The topological polar surface area (TPSA) is 93.3 Å². The fraction of sp³-hybridized carbons (Fsp3) is 0.391. The Morgan fingerprint density at radius 2 is 2.03 bits per heavy atom. The van der Waals surface area contributed by atoms with Crippen molar-refractivity contribution < 1.29 is 19.0 Å². The third kappa shape index (κ3) is 3.57. The van der Waals surface area contributed by atoms with Crippen molar-refractivity contribution in [1.82, 2.24) is 24.3 Å². The lowest BCUT2D eigenvalue weighted by Crippen LogP contribution is -2.27. The molecule has 0 amide bonds. The van der Waals surface area contributed by atoms with E-state index >= 15 is 0 Å². The van der Waals surface area contributed by atoms with E-state index in [2.05, 4.69) is 30.6 Å². The number of rotatable bonds is 5. The zero-order valence-corrected chi connectivity index (χ0v) is 20.2. The minimum atomic E-state index is -0.493. The summed E-state index contributed by atoms with van der Waals surface area (Å²) < 4.78 is 21.2. The molecule has 33 heavy (non-hydrogen) atoms. The van der Waals surface area contributed by atoms with Crippen LogP contribution >= 0.6 is 15.9 Å². The molecule has 1 atom stereocenters. The summed E-state index contributed by atoms with van der Waals surface area (Å²) in [5, 5.41) is 4.52. The molecule has 0 spiro atoms. The number of aromatic nitrogens is 5. The van der Waals surface area contributed by atoms with Gasteiger partial charge in [0.15, 0.2) is 5.69 Å². The Bertz CT molecular complexity index is 1340. The maximum absolute atomic E-state index is 12.8. The molecule has 1 saturated heterocycles. The number of carbonyl (C=O) groups is 1. The number of hydrogen-bond acceptors (Lipinski definition) is 7. The van der Waals surface area contributed by atoms with Crippen molar-refractivity contribution in [2.24, 2.45) is 13.0 Å². The highest BCUT2D eigenvalue weighted by atomic mass is 79.9. The van der Waals surface area contributed by atoms with Crippen LogP contribution in [0, 0.1) is 5.92 Å². The molecule has 0 aromatic carbocycles. The normalized spacial score (nSPS) is 15.8. The average Bonchev–Trinajstić information content (AvgIpc) is 3.35. The zero-order chi connectivity index (χ0) is 23.1. The van der Waals surface area contributed by atoms with E-state index in [1.54, 1.807) is 24.2 Å². The SMILES string of the molecule is COC(=O)c1nn(C)c2c3ncc(Br)cc3n(C(c3cnccc3OC)C3CCOCC3)c12. The Labute approximate surface area is 198 Å². The van der Waals surface area contributed by atoms with Crippen LogP contribution in [-0.2, 0) is 16.5 Å². The van der Waals surface area contributed by atoms with E-state index in [1.807, 2.05) is 25.4 Å². The van der Waals surface area contributed by atoms with Gasteiger partial charge in [0.2, 0.25) is 0 Å². The quantitative estimate of drug-likeness (QED) is 0.373. The first kappa shape index (κ1) is 21.8. The van der Waals surface area contributed by atoms with E-state index in [0.29, 0.717) is 18.7 Å². The van der Waals surface area contributed by atoms with Crippen molar-refractivity contribution in [2.45, 2.75) is 18.9 Å². The second-order valence-electron chi connectivity index (χ2n) is 8.06. The summed E-state index contributed by atoms with van der Waals surface area (Å²) >= 11 is 3.57. The van der Waals surface area contributed by atoms with Gasteiger partial charge in [0.1, 0.15) is 22.3 Å². The third-order valence-electron chi connectivity index (χ3n) is 6.30. The highest BCUT2D eigenvalue weighted by Crippen LogP contribution is 2.43. The predicted octanol–water partition coefficient (Wildman–Crippen LogP) is 3.89. The van der Waals surface area contributed by atoms with Crippen molar-refractivity contribution in [3.05, 3.63) is 46.5 Å². The molecule has 0 radical (unpaired) electrons. The minimum absolute atomic E-state index is 0.179. The van der Waals surface area contributed by atoms with Crippen molar-refractivity contribution in [2.75, 3.05) is 27.4 Å². The number of methoxy groups -OCH3 is 2. The van der Waals surface area contributed by atoms with Crippen LogP contribution in [0.4, 0.5) is 0 Å². The maximum Gasteiger partial charge on any atom is 0.360 e. The number of hydrogen-bond donors (Lipinski definition) is 0. The summed E-state index contributed by atoms with van der Waals surface area (Å²) in [4.78, 5) is 21.9. The van der Waals surface area contributed by atoms with Gasteiger partial charge in [-0.2, -0.15) is 5.10 Å². The van der Waals surface area contributed by atoms with E-state index in [9.17, 15) is 4.79 Å². The van der Waals surface area contributed by atoms with Gasteiger partial charge < -0.3 is 18.8 Å². The predicted molar refractivity (Wildman–Crippen MR) is 126 cm³/mol. The van der Waals surface area contributed by atoms with Crippen LogP contribution < -0.4 is 4.74 Å². The molecule has 10 heteroatoms. The Hall–Kier alpha value is -2.98. The summed E-state index contributed by atoms with van der Waals surface area (Å²) in [7, 11) is 4.84. The first-order chi connectivity index (χ1) is 16.0. The fourth-order valence-corrected chi connectivity index (χ4v) is 5.20. The molecule has 9 nitrogen and oxygen atoms in total. The zero-order valence-electron chi connectivity index (χ0n) is 18.6. The van der Waals surface area contributed by atoms with E-state index in [-0.39, 0.29) is 17.7 Å². The van der Waals surface area contributed by atoms with Crippen LogP contribution in [0.1, 0.15) is 34.9 Å². The van der Waals surface area contributed by atoms with Crippen molar-refractivity contribution in [3.8, 4) is 5.75 Å². The van der Waals surface area contributed by atoms with E-state index < -0.39 is 5.97 Å². The van der Waals surface area contributed by atoms with E-state index in [1.165, 1.54) is 7.11 Å². The molecular weight excluding hydrogens is 490 g/mol. The highest BCUT2D eigenvalue weighted by Gasteiger charge is 2.35. The third-order valence-corrected chi connectivity index (χ3v) is 6.73. The summed E-state index contributed by atoms with van der Waals surface area (Å²) in [5.74, 6) is 0.468. The molecule has 0 N–H and O–H groups in total. The van der Waals surface area contributed by atoms with Gasteiger partial charge >= 0.3 is 5.97 Å². The second-order valence-corrected chi connectivity index (χ2v) is 8.98. The van der Waals surface area contributed by atoms with Crippen LogP contribution in [0.15, 0.2) is 35.2 Å². The molecule has 0 saturated carbocycles. The van der Waals surface area contributed by atoms with Gasteiger partial charge in [-0.3, -0.25) is 14.6 Å². The van der Waals surface area contributed by atoms with Gasteiger partial charge in [0.05, 0.1) is 25.8 Å². The lowest BCUT2D eigenvalue weighted by Gasteiger charge is -2.33. The maximum atomic E-state index is 12.8. The molecule has 1 unspecified atom stereocenters. The standard InChI is InChI=1S/C23H24BrN5O4/c1-28-21-18-16(10-14(24)11-26-18)29(22(21)19(27-28)23(30)32-3)20(13-5-8-33-9-6-13)15-12-25-7-4-17(15)31-2/h4,7,10-13,20H,5-6,8-9H2,1-3H3. The molecule has 4 aromatic heterocycles. The van der Waals surface area contributed by atoms with Gasteiger partial charge in [0.25, 0.3) is 0 Å². The number of pyridine rings is 2. The lowest BCUT2D eigenvalue weighted by atomic mass is 9.86. The Morgan fingerprint density at radius 3 is 2.76 bits per heavy atom. The van der Waals surface area contributed by atoms with Gasteiger partial charge in [-0.15, -0.1) is 0 Å². The first-order valence-corrected chi connectivity index (χ1v) is 11.5. The Kier molecular flexibility index (Phi) is 5.79. The smallest absolute Gasteiger partial charge is 0.360 e. The summed E-state index contributed by atoms with van der Waals surface area (Å²) in [6.07, 6.45) is 7.04. The molecule has 4 aromatic rings. The molecule has 1 aliphatic rings. The van der Waals surface area contributed by atoms with Crippen LogP contribution in [0.5, 0.6) is 5.75 Å². The molecule has 5 heterocycles. The Balaban J connectivity index is 1.91. The molecule has 1 aliphatic heterocycles. The van der Waals surface area contributed by atoms with Crippen LogP contribution in [0.3, 0.4) is 0 Å². The number of fused-ring (bicyclic) bond motifs is 3. The number of nitrogens with zero attached hydrogens (tertiary/aromatic N) is 5.